The van der Waals surface area contributed by atoms with Crippen LogP contribution in [0.15, 0.2) is 41.4 Å². The van der Waals surface area contributed by atoms with Crippen molar-refractivity contribution >= 4 is 20.9 Å². The van der Waals surface area contributed by atoms with Gasteiger partial charge >= 0.3 is 0 Å². The van der Waals surface area contributed by atoms with E-state index in [2.05, 4.69) is 9.71 Å². The van der Waals surface area contributed by atoms with Crippen LogP contribution in [0.5, 0.6) is 0 Å². The Kier molecular flexibility index (Phi) is 2.89. The van der Waals surface area contributed by atoms with Gasteiger partial charge in [-0.2, -0.15) is 0 Å². The van der Waals surface area contributed by atoms with Gasteiger partial charge in [0.15, 0.2) is 0 Å². The van der Waals surface area contributed by atoms with Crippen molar-refractivity contribution in [2.45, 2.75) is 11.8 Å². The maximum Gasteiger partial charge on any atom is 0.242 e. The van der Waals surface area contributed by atoms with E-state index < -0.39 is 10.0 Å². The lowest BCUT2D eigenvalue weighted by Gasteiger charge is -2.06. The van der Waals surface area contributed by atoms with Crippen LogP contribution >= 0.6 is 0 Å². The predicted octanol–water partition coefficient (Wildman–Crippen LogP) is 1.53. The van der Waals surface area contributed by atoms with Crippen LogP contribution in [-0.2, 0) is 10.0 Å². The van der Waals surface area contributed by atoms with Crippen LogP contribution in [0.4, 0.5) is 0 Å². The Morgan fingerprint density at radius 1 is 1.25 bits per heavy atom. The first-order valence-electron chi connectivity index (χ1n) is 4.98. The number of aromatic nitrogens is 1. The van der Waals surface area contributed by atoms with Crippen LogP contribution in [0, 0.1) is 0 Å². The summed E-state index contributed by atoms with van der Waals surface area (Å²) in [5.41, 5.74) is 0.506. The highest BCUT2D eigenvalue weighted by atomic mass is 32.2. The van der Waals surface area contributed by atoms with Gasteiger partial charge in [0.1, 0.15) is 4.90 Å². The number of pyridine rings is 1. The van der Waals surface area contributed by atoms with Crippen molar-refractivity contribution in [3.63, 3.8) is 0 Å². The van der Waals surface area contributed by atoms with Gasteiger partial charge in [0.05, 0.1) is 5.52 Å². The SMILES string of the molecule is CCNS(=O)(=O)c1cccc2cccnc12. The maximum absolute atomic E-state index is 11.9. The summed E-state index contributed by atoms with van der Waals surface area (Å²) < 4.78 is 26.3. The van der Waals surface area contributed by atoms with E-state index in [9.17, 15) is 8.42 Å². The summed E-state index contributed by atoms with van der Waals surface area (Å²) in [6.45, 7) is 2.11. The van der Waals surface area contributed by atoms with Crippen LogP contribution in [0.3, 0.4) is 0 Å². The maximum atomic E-state index is 11.9. The number of benzene rings is 1. The van der Waals surface area contributed by atoms with Gasteiger partial charge in [-0.1, -0.05) is 25.1 Å². The summed E-state index contributed by atoms with van der Waals surface area (Å²) in [7, 11) is -3.45. The molecule has 1 N–H and O–H groups in total. The zero-order chi connectivity index (χ0) is 11.6. The van der Waals surface area contributed by atoms with Gasteiger partial charge in [-0.3, -0.25) is 4.98 Å². The Labute approximate surface area is 94.4 Å². The molecule has 0 bridgehead atoms. The lowest BCUT2D eigenvalue weighted by Crippen LogP contribution is -2.23. The fourth-order valence-corrected chi connectivity index (χ4v) is 2.78. The fraction of sp³-hybridized carbons (Fsp3) is 0.182. The molecule has 84 valence electrons. The molecule has 0 aliphatic heterocycles. The summed E-state index contributed by atoms with van der Waals surface area (Å²) in [5.74, 6) is 0. The smallest absolute Gasteiger partial charge is 0.242 e. The third kappa shape index (κ3) is 1.91. The average molecular weight is 236 g/mol. The highest BCUT2D eigenvalue weighted by Crippen LogP contribution is 2.19. The molecule has 0 saturated carbocycles. The van der Waals surface area contributed by atoms with E-state index in [1.54, 1.807) is 31.3 Å². The van der Waals surface area contributed by atoms with Crippen molar-refractivity contribution in [1.82, 2.24) is 9.71 Å². The van der Waals surface area contributed by atoms with Gasteiger partial charge in [0.25, 0.3) is 0 Å². The highest BCUT2D eigenvalue weighted by molar-refractivity contribution is 7.89. The average Bonchev–Trinajstić information content (AvgIpc) is 2.28. The van der Waals surface area contributed by atoms with Crippen molar-refractivity contribution in [2.75, 3.05) is 6.54 Å². The van der Waals surface area contributed by atoms with E-state index >= 15 is 0 Å². The molecule has 4 nitrogen and oxygen atoms in total. The van der Waals surface area contributed by atoms with Crippen LogP contribution in [0.25, 0.3) is 10.9 Å². The summed E-state index contributed by atoms with van der Waals surface area (Å²) in [6.07, 6.45) is 1.59. The summed E-state index contributed by atoms with van der Waals surface area (Å²) in [6, 6.07) is 8.74. The van der Waals surface area contributed by atoms with Crippen molar-refractivity contribution in [1.29, 1.82) is 0 Å². The van der Waals surface area contributed by atoms with E-state index in [0.717, 1.165) is 5.39 Å². The molecule has 0 aliphatic carbocycles. The molecule has 0 aliphatic rings. The van der Waals surface area contributed by atoms with E-state index in [-0.39, 0.29) is 4.90 Å². The first-order chi connectivity index (χ1) is 7.65. The number of rotatable bonds is 3. The minimum Gasteiger partial charge on any atom is -0.255 e. The van der Waals surface area contributed by atoms with Crippen molar-refractivity contribution in [3.05, 3.63) is 36.5 Å². The number of sulfonamides is 1. The number of hydrogen-bond donors (Lipinski definition) is 1. The molecule has 0 radical (unpaired) electrons. The zero-order valence-electron chi connectivity index (χ0n) is 8.84. The van der Waals surface area contributed by atoms with Crippen LogP contribution < -0.4 is 4.72 Å². The molecule has 0 unspecified atom stereocenters. The van der Waals surface area contributed by atoms with Crippen molar-refractivity contribution in [3.8, 4) is 0 Å². The number of para-hydroxylation sites is 1. The highest BCUT2D eigenvalue weighted by Gasteiger charge is 2.16. The summed E-state index contributed by atoms with van der Waals surface area (Å²) in [4.78, 5) is 4.34. The molecule has 0 atom stereocenters. The Hall–Kier alpha value is -1.46. The van der Waals surface area contributed by atoms with Crippen LogP contribution in [0.2, 0.25) is 0 Å². The molecule has 0 fully saturated rings. The molecule has 1 aromatic heterocycles. The molecule has 0 spiro atoms. The topological polar surface area (TPSA) is 59.1 Å². The minimum atomic E-state index is -3.45. The molecule has 0 amide bonds. The van der Waals surface area contributed by atoms with Crippen LogP contribution in [-0.4, -0.2) is 19.9 Å². The van der Waals surface area contributed by atoms with E-state index in [0.29, 0.717) is 12.1 Å². The largest absolute Gasteiger partial charge is 0.255 e. The van der Waals surface area contributed by atoms with Gasteiger partial charge in [0, 0.05) is 18.1 Å². The molecular weight excluding hydrogens is 224 g/mol. The normalized spacial score (nSPS) is 11.8. The Bertz CT molecular complexity index is 603. The molecule has 2 rings (SSSR count). The molecule has 0 saturated heterocycles. The molecule has 16 heavy (non-hydrogen) atoms. The number of fused-ring (bicyclic) bond motifs is 1. The second kappa shape index (κ2) is 4.19. The number of nitrogens with one attached hydrogen (secondary N) is 1. The Morgan fingerprint density at radius 3 is 2.75 bits per heavy atom. The van der Waals surface area contributed by atoms with Gasteiger partial charge in [0.2, 0.25) is 10.0 Å². The second-order valence-electron chi connectivity index (χ2n) is 3.33. The Morgan fingerprint density at radius 2 is 2.00 bits per heavy atom. The van der Waals surface area contributed by atoms with Crippen molar-refractivity contribution < 1.29 is 8.42 Å². The molecule has 1 aromatic carbocycles. The van der Waals surface area contributed by atoms with E-state index in [4.69, 9.17) is 0 Å². The molecule has 5 heteroatoms. The third-order valence-corrected chi connectivity index (χ3v) is 3.80. The van der Waals surface area contributed by atoms with Gasteiger partial charge in [-0.25, -0.2) is 13.1 Å². The van der Waals surface area contributed by atoms with E-state index in [1.165, 1.54) is 0 Å². The predicted molar refractivity (Wildman–Crippen MR) is 62.6 cm³/mol. The lowest BCUT2D eigenvalue weighted by molar-refractivity contribution is 0.584. The summed E-state index contributed by atoms with van der Waals surface area (Å²) >= 11 is 0. The number of nitrogens with zero attached hydrogens (tertiary/aromatic N) is 1. The van der Waals surface area contributed by atoms with Gasteiger partial charge in [-0.15, -0.1) is 0 Å². The van der Waals surface area contributed by atoms with Gasteiger partial charge < -0.3 is 0 Å². The second-order valence-corrected chi connectivity index (χ2v) is 5.07. The first kappa shape index (κ1) is 11.0. The standard InChI is InChI=1S/C11H12N2O2S/c1-2-13-16(14,15)10-7-3-5-9-6-4-8-12-11(9)10/h3-8,13H,2H2,1H3. The van der Waals surface area contributed by atoms with E-state index in [1.807, 2.05) is 12.1 Å². The zero-order valence-corrected chi connectivity index (χ0v) is 9.66. The first-order valence-corrected chi connectivity index (χ1v) is 6.47. The minimum absolute atomic E-state index is 0.229. The van der Waals surface area contributed by atoms with Gasteiger partial charge in [-0.05, 0) is 12.1 Å². The monoisotopic (exact) mass is 236 g/mol. The Balaban J connectivity index is 2.70. The van der Waals surface area contributed by atoms with Crippen molar-refractivity contribution in [2.24, 2.45) is 0 Å². The molecule has 2 aromatic rings. The fourth-order valence-electron chi connectivity index (χ4n) is 1.56. The molecular formula is C11H12N2O2S. The third-order valence-electron chi connectivity index (χ3n) is 2.22. The lowest BCUT2D eigenvalue weighted by atomic mass is 10.2. The molecule has 1 heterocycles. The number of hydrogen-bond acceptors (Lipinski definition) is 3. The van der Waals surface area contributed by atoms with Crippen LogP contribution in [0.1, 0.15) is 6.92 Å². The summed E-state index contributed by atoms with van der Waals surface area (Å²) in [5, 5.41) is 0.821. The quantitative estimate of drug-likeness (QED) is 0.879.